The van der Waals surface area contributed by atoms with E-state index in [0.717, 1.165) is 0 Å². The van der Waals surface area contributed by atoms with Crippen LogP contribution in [-0.4, -0.2) is 43.0 Å². The molecule has 0 atom stereocenters. The Bertz CT molecular complexity index is 504. The Morgan fingerprint density at radius 3 is 1.15 bits per heavy atom. The van der Waals surface area contributed by atoms with Gasteiger partial charge in [0.25, 0.3) is 0 Å². The van der Waals surface area contributed by atoms with E-state index >= 15 is 0 Å². The van der Waals surface area contributed by atoms with Crippen molar-refractivity contribution in [2.75, 3.05) is 46.7 Å². The summed E-state index contributed by atoms with van der Waals surface area (Å²) in [5, 5.41) is 5.81. The van der Waals surface area contributed by atoms with Crippen molar-refractivity contribution in [1.29, 1.82) is 0 Å². The van der Waals surface area contributed by atoms with Crippen LogP contribution in [0.4, 0.5) is 35.7 Å². The number of nitrogens with one attached hydrogen (secondary N) is 2. The van der Waals surface area contributed by atoms with Gasteiger partial charge in [-0.15, -0.1) is 0 Å². The van der Waals surface area contributed by atoms with Gasteiger partial charge < -0.3 is 33.6 Å². The van der Waals surface area contributed by atoms with Gasteiger partial charge in [-0.05, 0) is 0 Å². The average molecular weight is 278 g/mol. The second-order valence-corrected chi connectivity index (χ2v) is 3.60. The zero-order valence-electron chi connectivity index (χ0n) is 10.4. The first-order valence-corrected chi connectivity index (χ1v) is 5.55. The molecule has 12 nitrogen and oxygen atoms in total. The number of hydrogen-bond acceptors (Lipinski definition) is 12. The number of anilines is 6. The highest BCUT2D eigenvalue weighted by molar-refractivity contribution is 5.39. The number of nitrogens with zero attached hydrogens (tertiary/aromatic N) is 6. The Hall–Kier alpha value is -3.18. The van der Waals surface area contributed by atoms with Gasteiger partial charge in [0.2, 0.25) is 35.7 Å². The maximum atomic E-state index is 5.44. The van der Waals surface area contributed by atoms with E-state index in [1.807, 2.05) is 0 Å². The summed E-state index contributed by atoms with van der Waals surface area (Å²) in [6.45, 7) is 0.933. The molecule has 20 heavy (non-hydrogen) atoms. The molecule has 0 unspecified atom stereocenters. The van der Waals surface area contributed by atoms with Crippen LogP contribution in [0, 0.1) is 0 Å². The molecule has 2 heterocycles. The van der Waals surface area contributed by atoms with Crippen molar-refractivity contribution in [2.24, 2.45) is 0 Å². The predicted octanol–water partition coefficient (Wildman–Crippen LogP) is -2.09. The highest BCUT2D eigenvalue weighted by Crippen LogP contribution is 2.04. The van der Waals surface area contributed by atoms with Crippen molar-refractivity contribution >= 4 is 35.7 Å². The smallest absolute Gasteiger partial charge is 0.229 e. The number of nitrogen functional groups attached to an aromatic ring is 4. The number of rotatable bonds is 5. The lowest BCUT2D eigenvalue weighted by atomic mass is 10.6. The third-order valence-corrected chi connectivity index (χ3v) is 2.03. The van der Waals surface area contributed by atoms with Crippen LogP contribution in [0.3, 0.4) is 0 Å². The van der Waals surface area contributed by atoms with Gasteiger partial charge in [-0.1, -0.05) is 0 Å². The second-order valence-electron chi connectivity index (χ2n) is 3.60. The first-order chi connectivity index (χ1) is 9.52. The van der Waals surface area contributed by atoms with Gasteiger partial charge in [0, 0.05) is 13.1 Å². The van der Waals surface area contributed by atoms with Crippen molar-refractivity contribution in [1.82, 2.24) is 29.9 Å². The lowest BCUT2D eigenvalue weighted by Crippen LogP contribution is -2.18. The molecule has 0 saturated carbocycles. The highest BCUT2D eigenvalue weighted by Gasteiger charge is 2.02. The lowest BCUT2D eigenvalue weighted by molar-refractivity contribution is 0.977. The zero-order chi connectivity index (χ0) is 14.5. The summed E-state index contributed by atoms with van der Waals surface area (Å²) in [4.78, 5) is 22.8. The Kier molecular flexibility index (Phi) is 3.74. The molecule has 0 radical (unpaired) electrons. The summed E-state index contributed by atoms with van der Waals surface area (Å²) in [6.07, 6.45) is 0. The number of hydrogen-bond donors (Lipinski definition) is 6. The monoisotopic (exact) mass is 278 g/mol. The molecule has 0 spiro atoms. The molecule has 106 valence electrons. The van der Waals surface area contributed by atoms with E-state index in [1.165, 1.54) is 0 Å². The number of aromatic nitrogens is 6. The molecular formula is C8H14N12. The Labute approximate surface area is 113 Å². The van der Waals surface area contributed by atoms with Crippen LogP contribution in [-0.2, 0) is 0 Å². The van der Waals surface area contributed by atoms with E-state index in [1.54, 1.807) is 0 Å². The van der Waals surface area contributed by atoms with Crippen LogP contribution in [0.5, 0.6) is 0 Å². The van der Waals surface area contributed by atoms with E-state index in [-0.39, 0.29) is 35.7 Å². The molecule has 2 aromatic heterocycles. The summed E-state index contributed by atoms with van der Waals surface area (Å²) in [5.41, 5.74) is 21.7. The molecule has 10 N–H and O–H groups in total. The Balaban J connectivity index is 1.84. The van der Waals surface area contributed by atoms with Gasteiger partial charge in [0.15, 0.2) is 0 Å². The molecule has 2 aromatic rings. The minimum absolute atomic E-state index is 0.0472. The van der Waals surface area contributed by atoms with Gasteiger partial charge in [0.1, 0.15) is 0 Å². The summed E-state index contributed by atoms with van der Waals surface area (Å²) >= 11 is 0. The van der Waals surface area contributed by atoms with Crippen molar-refractivity contribution in [2.45, 2.75) is 0 Å². The standard InChI is InChI=1S/C8H14N12/c9-3-15-4(10)18-7(17-3)13-1-2-14-8-19-5(11)16-6(12)20-8/h1-2H2,(H5,9,10,13,15,17,18)(H5,11,12,14,16,19,20). The van der Waals surface area contributed by atoms with E-state index in [0.29, 0.717) is 13.1 Å². The highest BCUT2D eigenvalue weighted by atomic mass is 15.2. The number of nitrogens with two attached hydrogens (primary N) is 4. The predicted molar refractivity (Wildman–Crippen MR) is 74.3 cm³/mol. The minimum atomic E-state index is 0.0472. The van der Waals surface area contributed by atoms with E-state index in [2.05, 4.69) is 40.5 Å². The van der Waals surface area contributed by atoms with Gasteiger partial charge in [-0.25, -0.2) is 0 Å². The molecular weight excluding hydrogens is 264 g/mol. The maximum absolute atomic E-state index is 5.44. The molecule has 12 heteroatoms. The van der Waals surface area contributed by atoms with Gasteiger partial charge >= 0.3 is 0 Å². The fraction of sp³-hybridized carbons (Fsp3) is 0.250. The Morgan fingerprint density at radius 1 is 0.550 bits per heavy atom. The normalized spacial score (nSPS) is 10.2. The van der Waals surface area contributed by atoms with Gasteiger partial charge in [0.05, 0.1) is 0 Å². The van der Waals surface area contributed by atoms with Crippen LogP contribution in [0.1, 0.15) is 0 Å². The summed E-state index contributed by atoms with van der Waals surface area (Å²) in [5.74, 6) is 0.756. The third-order valence-electron chi connectivity index (χ3n) is 2.03. The van der Waals surface area contributed by atoms with Crippen LogP contribution >= 0.6 is 0 Å². The fourth-order valence-corrected chi connectivity index (χ4v) is 1.33. The largest absolute Gasteiger partial charge is 0.368 e. The van der Waals surface area contributed by atoms with Crippen molar-refractivity contribution in [3.05, 3.63) is 0 Å². The Morgan fingerprint density at radius 2 is 0.850 bits per heavy atom. The van der Waals surface area contributed by atoms with Crippen LogP contribution in [0.15, 0.2) is 0 Å². The summed E-state index contributed by atoms with van der Waals surface area (Å²) in [6, 6.07) is 0. The van der Waals surface area contributed by atoms with E-state index < -0.39 is 0 Å². The first kappa shape index (κ1) is 13.3. The van der Waals surface area contributed by atoms with E-state index in [9.17, 15) is 0 Å². The quantitative estimate of drug-likeness (QED) is 0.325. The van der Waals surface area contributed by atoms with Crippen LogP contribution < -0.4 is 33.6 Å². The molecule has 0 amide bonds. The lowest BCUT2D eigenvalue weighted by Gasteiger charge is -2.07. The van der Waals surface area contributed by atoms with Crippen molar-refractivity contribution in [3.8, 4) is 0 Å². The molecule has 0 aliphatic carbocycles. The molecule has 2 rings (SSSR count). The zero-order valence-corrected chi connectivity index (χ0v) is 10.4. The molecule has 0 bridgehead atoms. The topological polar surface area (TPSA) is 205 Å². The SMILES string of the molecule is Nc1nc(N)nc(NCCNc2nc(N)nc(N)n2)n1. The third kappa shape index (κ3) is 3.66. The molecule has 0 fully saturated rings. The molecule has 0 aromatic carbocycles. The molecule has 0 aliphatic heterocycles. The van der Waals surface area contributed by atoms with E-state index in [4.69, 9.17) is 22.9 Å². The molecule has 0 aliphatic rings. The van der Waals surface area contributed by atoms with Crippen LogP contribution in [0.25, 0.3) is 0 Å². The fourth-order valence-electron chi connectivity index (χ4n) is 1.33. The summed E-state index contributed by atoms with van der Waals surface area (Å²) < 4.78 is 0. The summed E-state index contributed by atoms with van der Waals surface area (Å²) in [7, 11) is 0. The van der Waals surface area contributed by atoms with Gasteiger partial charge in [-0.2, -0.15) is 29.9 Å². The average Bonchev–Trinajstić information content (AvgIpc) is 2.32. The maximum Gasteiger partial charge on any atom is 0.229 e. The van der Waals surface area contributed by atoms with Crippen LogP contribution in [0.2, 0.25) is 0 Å². The minimum Gasteiger partial charge on any atom is -0.368 e. The van der Waals surface area contributed by atoms with Crippen molar-refractivity contribution in [3.63, 3.8) is 0 Å². The first-order valence-electron chi connectivity index (χ1n) is 5.55. The second kappa shape index (κ2) is 5.64. The van der Waals surface area contributed by atoms with Gasteiger partial charge in [-0.3, -0.25) is 0 Å². The van der Waals surface area contributed by atoms with Crippen molar-refractivity contribution < 1.29 is 0 Å². The molecule has 0 saturated heterocycles.